The van der Waals surface area contributed by atoms with E-state index in [-0.39, 0.29) is 24.0 Å². The molecule has 1 fully saturated rings. The largest absolute Gasteiger partial charge is 0.364 e. The second-order valence-corrected chi connectivity index (χ2v) is 6.80. The number of hydrogen-bond acceptors (Lipinski definition) is 3. The van der Waals surface area contributed by atoms with Crippen LogP contribution in [0.2, 0.25) is 0 Å². The van der Waals surface area contributed by atoms with Crippen molar-refractivity contribution in [2.24, 2.45) is 0 Å². The summed E-state index contributed by atoms with van der Waals surface area (Å²) in [4.78, 5) is 26.8. The van der Waals surface area contributed by atoms with Gasteiger partial charge in [0.1, 0.15) is 6.10 Å². The van der Waals surface area contributed by atoms with Gasteiger partial charge in [0.05, 0.1) is 17.2 Å². The summed E-state index contributed by atoms with van der Waals surface area (Å²) >= 11 is 0. The molecule has 2 aliphatic heterocycles. The molecular weight excluding hydrogens is 326 g/mol. The van der Waals surface area contributed by atoms with E-state index in [1.165, 1.54) is 4.90 Å². The Balaban J connectivity index is 1.32. The molecule has 2 unspecified atom stereocenters. The van der Waals surface area contributed by atoms with Crippen LogP contribution in [0.3, 0.4) is 0 Å². The summed E-state index contributed by atoms with van der Waals surface area (Å²) in [7, 11) is 0. The van der Waals surface area contributed by atoms with Crippen molar-refractivity contribution in [2.75, 3.05) is 6.54 Å². The molecule has 2 amide bonds. The van der Waals surface area contributed by atoms with E-state index in [0.29, 0.717) is 24.1 Å². The Kier molecular flexibility index (Phi) is 3.40. The van der Waals surface area contributed by atoms with Crippen LogP contribution in [0.25, 0.3) is 10.8 Å². The van der Waals surface area contributed by atoms with Gasteiger partial charge in [-0.15, -0.1) is 0 Å². The molecule has 3 aromatic carbocycles. The quantitative estimate of drug-likeness (QED) is 0.532. The number of hydrogen-bond donors (Lipinski definition) is 0. The average molecular weight is 343 g/mol. The Hall–Kier alpha value is -2.98. The number of nitrogens with zero attached hydrogens (tertiary/aromatic N) is 1. The number of carbonyl (C=O) groups excluding carboxylic acids is 2. The molecule has 0 N–H and O–H groups in total. The zero-order valence-corrected chi connectivity index (χ0v) is 14.1. The zero-order chi connectivity index (χ0) is 17.7. The maximum atomic E-state index is 12.7. The lowest BCUT2D eigenvalue weighted by atomic mass is 10.0. The topological polar surface area (TPSA) is 49.9 Å². The second kappa shape index (κ2) is 5.78. The third kappa shape index (κ3) is 2.42. The summed E-state index contributed by atoms with van der Waals surface area (Å²) in [5, 5.41) is 1.95. The molecule has 4 nitrogen and oxygen atoms in total. The minimum absolute atomic E-state index is 0.0702. The molecule has 0 aromatic heterocycles. The highest BCUT2D eigenvalue weighted by atomic mass is 16.6. The molecule has 2 atom stereocenters. The normalized spacial score (nSPS) is 21.3. The van der Waals surface area contributed by atoms with Crippen LogP contribution in [-0.4, -0.2) is 29.4 Å². The molecule has 0 saturated carbocycles. The van der Waals surface area contributed by atoms with Crippen LogP contribution in [0.15, 0.2) is 66.7 Å². The molecule has 0 radical (unpaired) electrons. The van der Waals surface area contributed by atoms with Gasteiger partial charge >= 0.3 is 0 Å². The van der Waals surface area contributed by atoms with Crippen molar-refractivity contribution in [3.05, 3.63) is 83.4 Å². The van der Waals surface area contributed by atoms with E-state index in [2.05, 4.69) is 0 Å². The van der Waals surface area contributed by atoms with Crippen molar-refractivity contribution in [2.45, 2.75) is 18.6 Å². The zero-order valence-electron chi connectivity index (χ0n) is 14.1. The molecular formula is C22H17NO3. The molecule has 26 heavy (non-hydrogen) atoms. The molecule has 1 saturated heterocycles. The average Bonchev–Trinajstić information content (AvgIpc) is 3.42. The summed E-state index contributed by atoms with van der Waals surface area (Å²) in [6.45, 7) is 0.386. The van der Waals surface area contributed by atoms with Gasteiger partial charge in [0.25, 0.3) is 11.8 Å². The fourth-order valence-electron chi connectivity index (χ4n) is 3.73. The predicted octanol–water partition coefficient (Wildman–Crippen LogP) is 3.97. The Morgan fingerprint density at radius 1 is 0.808 bits per heavy atom. The van der Waals surface area contributed by atoms with E-state index < -0.39 is 0 Å². The minimum Gasteiger partial charge on any atom is -0.364 e. The third-order valence-corrected chi connectivity index (χ3v) is 5.18. The highest BCUT2D eigenvalue weighted by Gasteiger charge is 2.42. The monoisotopic (exact) mass is 343 g/mol. The Bertz CT molecular complexity index is 973. The first-order chi connectivity index (χ1) is 12.7. The molecule has 3 aromatic rings. The molecule has 2 heterocycles. The lowest BCUT2D eigenvalue weighted by Gasteiger charge is -2.12. The maximum absolute atomic E-state index is 12.7. The number of rotatable bonds is 4. The van der Waals surface area contributed by atoms with Crippen LogP contribution in [0.4, 0.5) is 0 Å². The van der Waals surface area contributed by atoms with Crippen LogP contribution in [0.1, 0.15) is 38.8 Å². The summed E-state index contributed by atoms with van der Waals surface area (Å²) < 4.78 is 5.72. The Labute approximate surface area is 151 Å². The van der Waals surface area contributed by atoms with Gasteiger partial charge in [-0.25, -0.2) is 0 Å². The summed E-state index contributed by atoms with van der Waals surface area (Å²) in [5.74, 6) is -0.402. The number of benzene rings is 3. The number of imide groups is 1. The molecule has 5 rings (SSSR count). The van der Waals surface area contributed by atoms with Crippen LogP contribution < -0.4 is 0 Å². The van der Waals surface area contributed by atoms with Gasteiger partial charge in [-0.1, -0.05) is 54.6 Å². The van der Waals surface area contributed by atoms with Gasteiger partial charge in [0, 0.05) is 6.54 Å². The smallest absolute Gasteiger partial charge is 0.261 e. The van der Waals surface area contributed by atoms with Crippen molar-refractivity contribution in [1.29, 1.82) is 0 Å². The van der Waals surface area contributed by atoms with Gasteiger partial charge < -0.3 is 4.74 Å². The lowest BCUT2D eigenvalue weighted by molar-refractivity contribution is 0.0649. The molecule has 0 spiro atoms. The van der Waals surface area contributed by atoms with E-state index in [4.69, 9.17) is 4.74 Å². The summed E-state index contributed by atoms with van der Waals surface area (Å²) in [6, 6.07) is 21.5. The molecule has 2 aliphatic rings. The molecule has 0 bridgehead atoms. The van der Waals surface area contributed by atoms with Crippen molar-refractivity contribution in [3.8, 4) is 0 Å². The van der Waals surface area contributed by atoms with E-state index in [9.17, 15) is 9.59 Å². The lowest BCUT2D eigenvalue weighted by Crippen LogP contribution is -2.31. The van der Waals surface area contributed by atoms with Crippen LogP contribution in [0.5, 0.6) is 0 Å². The van der Waals surface area contributed by atoms with E-state index in [1.54, 1.807) is 0 Å². The summed E-state index contributed by atoms with van der Waals surface area (Å²) in [5.41, 5.74) is 2.15. The third-order valence-electron chi connectivity index (χ3n) is 5.18. The van der Waals surface area contributed by atoms with Crippen molar-refractivity contribution in [1.82, 2.24) is 4.90 Å². The highest BCUT2D eigenvalue weighted by molar-refractivity contribution is 6.23. The van der Waals surface area contributed by atoms with Gasteiger partial charge in [0.2, 0.25) is 0 Å². The van der Waals surface area contributed by atoms with Crippen molar-refractivity contribution < 1.29 is 14.3 Å². The fourth-order valence-corrected chi connectivity index (χ4v) is 3.73. The number of epoxide rings is 1. The van der Waals surface area contributed by atoms with Gasteiger partial charge in [-0.2, -0.15) is 0 Å². The molecule has 0 aliphatic carbocycles. The van der Waals surface area contributed by atoms with Gasteiger partial charge in [0.15, 0.2) is 0 Å². The van der Waals surface area contributed by atoms with Crippen LogP contribution >= 0.6 is 0 Å². The first kappa shape index (κ1) is 15.3. The first-order valence-electron chi connectivity index (χ1n) is 8.82. The fraction of sp³-hybridized carbons (Fsp3) is 0.182. The van der Waals surface area contributed by atoms with Crippen LogP contribution in [-0.2, 0) is 4.74 Å². The molecule has 128 valence electrons. The first-order valence-corrected chi connectivity index (χ1v) is 8.82. The van der Waals surface area contributed by atoms with E-state index >= 15 is 0 Å². The number of amides is 2. The Morgan fingerprint density at radius 2 is 1.38 bits per heavy atom. The number of ether oxygens (including phenoxy) is 1. The standard InChI is InChI=1S/C22H17NO3/c24-21-17-12-15-8-4-5-9-16(15)13-18(17)22(25)23(21)11-10-19-20(26-19)14-6-2-1-3-7-14/h1-9,12-13,19-20H,10-11H2. The molecule has 4 heteroatoms. The SMILES string of the molecule is O=C1c2cc3ccccc3cc2C(=O)N1CCC1OC1c1ccccc1. The van der Waals surface area contributed by atoms with Crippen molar-refractivity contribution in [3.63, 3.8) is 0 Å². The maximum Gasteiger partial charge on any atom is 0.261 e. The van der Waals surface area contributed by atoms with Gasteiger partial charge in [-0.3, -0.25) is 14.5 Å². The second-order valence-electron chi connectivity index (χ2n) is 6.80. The highest BCUT2D eigenvalue weighted by Crippen LogP contribution is 2.41. The Morgan fingerprint density at radius 3 is 2.00 bits per heavy atom. The van der Waals surface area contributed by atoms with Crippen molar-refractivity contribution >= 4 is 22.6 Å². The number of carbonyl (C=O) groups is 2. The van der Waals surface area contributed by atoms with Gasteiger partial charge in [-0.05, 0) is 34.9 Å². The van der Waals surface area contributed by atoms with E-state index in [0.717, 1.165) is 16.3 Å². The predicted molar refractivity (Wildman–Crippen MR) is 98.0 cm³/mol. The minimum atomic E-state index is -0.201. The number of fused-ring (bicyclic) bond motifs is 2. The van der Waals surface area contributed by atoms with E-state index in [1.807, 2.05) is 66.7 Å². The summed E-state index contributed by atoms with van der Waals surface area (Å²) in [6.07, 6.45) is 0.805. The van der Waals surface area contributed by atoms with Crippen LogP contribution in [0, 0.1) is 0 Å².